The van der Waals surface area contributed by atoms with Gasteiger partial charge in [-0.3, -0.25) is 9.05 Å². The Balaban J connectivity index is 3.98. The second-order valence-corrected chi connectivity index (χ2v) is 5.05. The van der Waals surface area contributed by atoms with Crippen molar-refractivity contribution in [3.63, 3.8) is 0 Å². The van der Waals surface area contributed by atoms with Crippen molar-refractivity contribution >= 4 is 13.8 Å². The van der Waals surface area contributed by atoms with Gasteiger partial charge in [0, 0.05) is 5.57 Å². The van der Waals surface area contributed by atoms with Crippen LogP contribution < -0.4 is 0 Å². The molecule has 1 N–H and O–H groups in total. The fourth-order valence-electron chi connectivity index (χ4n) is 0.760. The van der Waals surface area contributed by atoms with E-state index in [1.165, 1.54) is 6.92 Å². The van der Waals surface area contributed by atoms with Crippen molar-refractivity contribution in [1.82, 2.24) is 0 Å². The summed E-state index contributed by atoms with van der Waals surface area (Å²) in [7, 11) is -4.04. The van der Waals surface area contributed by atoms with Gasteiger partial charge in [-0.2, -0.15) is 0 Å². The van der Waals surface area contributed by atoms with E-state index in [0.717, 1.165) is 0 Å². The first-order chi connectivity index (χ1) is 7.78. The molecule has 6 nitrogen and oxygen atoms in total. The van der Waals surface area contributed by atoms with Crippen LogP contribution >= 0.6 is 7.82 Å². The molecule has 0 aromatic carbocycles. The summed E-state index contributed by atoms with van der Waals surface area (Å²) in [6.07, 6.45) is -0.0430. The highest BCUT2D eigenvalue weighted by atomic mass is 31.2. The standard InChI is InChI=1S/C10H19O6P/c1-5-6-14-17(12,13)15-7-9(4)16-10(11)8(2)3/h9H,2,5-7H2,1,3-4H3,(H,12,13). The minimum absolute atomic E-state index is 0.133. The third kappa shape index (κ3) is 8.10. The van der Waals surface area contributed by atoms with Gasteiger partial charge in [-0.15, -0.1) is 0 Å². The van der Waals surface area contributed by atoms with Crippen molar-refractivity contribution in [1.29, 1.82) is 0 Å². The van der Waals surface area contributed by atoms with Crippen LogP contribution in [0.1, 0.15) is 27.2 Å². The number of carbonyl (C=O) groups excluding carboxylic acids is 1. The van der Waals surface area contributed by atoms with Crippen molar-refractivity contribution < 1.29 is 28.0 Å². The lowest BCUT2D eigenvalue weighted by molar-refractivity contribution is -0.145. The molecule has 100 valence electrons. The van der Waals surface area contributed by atoms with Crippen LogP contribution in [0, 0.1) is 0 Å². The van der Waals surface area contributed by atoms with Gasteiger partial charge in [0.05, 0.1) is 13.2 Å². The number of rotatable bonds is 8. The molecule has 0 bridgehead atoms. The van der Waals surface area contributed by atoms with Gasteiger partial charge in [0.15, 0.2) is 0 Å². The molecular weight excluding hydrogens is 247 g/mol. The molecule has 0 spiro atoms. The Morgan fingerprint density at radius 3 is 2.53 bits per heavy atom. The number of esters is 1. The Morgan fingerprint density at radius 2 is 2.06 bits per heavy atom. The monoisotopic (exact) mass is 266 g/mol. The predicted octanol–water partition coefficient (Wildman–Crippen LogP) is 2.04. The maximum atomic E-state index is 11.2. The molecule has 0 aliphatic carbocycles. The van der Waals surface area contributed by atoms with E-state index < -0.39 is 19.9 Å². The molecule has 0 heterocycles. The molecule has 0 aliphatic rings. The molecule has 0 rings (SSSR count). The normalized spacial score (nSPS) is 16.0. The molecule has 0 saturated carbocycles. The minimum Gasteiger partial charge on any atom is -0.457 e. The van der Waals surface area contributed by atoms with Gasteiger partial charge in [0.2, 0.25) is 0 Å². The van der Waals surface area contributed by atoms with Crippen LogP contribution in [-0.2, 0) is 23.1 Å². The van der Waals surface area contributed by atoms with Gasteiger partial charge in [-0.05, 0) is 20.3 Å². The molecule has 0 fully saturated rings. The number of phosphoric ester groups is 1. The Morgan fingerprint density at radius 1 is 1.47 bits per heavy atom. The summed E-state index contributed by atoms with van der Waals surface area (Å²) >= 11 is 0. The Bertz CT molecular complexity index is 314. The number of carbonyl (C=O) groups is 1. The van der Waals surface area contributed by atoms with Gasteiger partial charge in [-0.1, -0.05) is 13.5 Å². The first-order valence-corrected chi connectivity index (χ1v) is 6.76. The smallest absolute Gasteiger partial charge is 0.457 e. The highest BCUT2D eigenvalue weighted by Crippen LogP contribution is 2.43. The van der Waals surface area contributed by atoms with Crippen molar-refractivity contribution in [2.75, 3.05) is 13.2 Å². The Kier molecular flexibility index (Phi) is 7.30. The zero-order chi connectivity index (χ0) is 13.5. The average molecular weight is 266 g/mol. The number of ether oxygens (including phenoxy) is 1. The maximum absolute atomic E-state index is 11.2. The molecular formula is C10H19O6P. The van der Waals surface area contributed by atoms with Crippen molar-refractivity contribution in [3.05, 3.63) is 12.2 Å². The molecule has 0 radical (unpaired) electrons. The first-order valence-electron chi connectivity index (χ1n) is 5.27. The predicted molar refractivity (Wildman–Crippen MR) is 62.4 cm³/mol. The van der Waals surface area contributed by atoms with Crippen molar-refractivity contribution in [3.8, 4) is 0 Å². The number of phosphoric acid groups is 1. The Labute approximate surface area is 101 Å². The minimum atomic E-state index is -4.04. The second-order valence-electron chi connectivity index (χ2n) is 3.59. The van der Waals surface area contributed by atoms with Gasteiger partial charge < -0.3 is 9.63 Å². The molecule has 2 unspecified atom stereocenters. The zero-order valence-corrected chi connectivity index (χ0v) is 11.2. The fourth-order valence-corrected chi connectivity index (χ4v) is 1.65. The summed E-state index contributed by atoms with van der Waals surface area (Å²) in [5, 5.41) is 0. The quantitative estimate of drug-likeness (QED) is 0.411. The van der Waals surface area contributed by atoms with E-state index in [4.69, 9.17) is 4.74 Å². The van der Waals surface area contributed by atoms with Crippen molar-refractivity contribution in [2.45, 2.75) is 33.3 Å². The second kappa shape index (κ2) is 7.61. The average Bonchev–Trinajstić information content (AvgIpc) is 2.24. The summed E-state index contributed by atoms with van der Waals surface area (Å²) in [6.45, 7) is 8.19. The molecule has 0 aromatic heterocycles. The fraction of sp³-hybridized carbons (Fsp3) is 0.700. The topological polar surface area (TPSA) is 82.1 Å². The zero-order valence-electron chi connectivity index (χ0n) is 10.3. The van der Waals surface area contributed by atoms with E-state index in [1.54, 1.807) is 13.8 Å². The van der Waals surface area contributed by atoms with E-state index in [2.05, 4.69) is 15.6 Å². The van der Waals surface area contributed by atoms with Crippen LogP contribution in [0.5, 0.6) is 0 Å². The first kappa shape index (κ1) is 16.3. The van der Waals surface area contributed by atoms with E-state index >= 15 is 0 Å². The van der Waals surface area contributed by atoms with Crippen LogP contribution in [0.25, 0.3) is 0 Å². The largest absolute Gasteiger partial charge is 0.472 e. The van der Waals surface area contributed by atoms with E-state index in [-0.39, 0.29) is 18.8 Å². The van der Waals surface area contributed by atoms with E-state index in [9.17, 15) is 14.3 Å². The van der Waals surface area contributed by atoms with Crippen molar-refractivity contribution in [2.24, 2.45) is 0 Å². The van der Waals surface area contributed by atoms with Gasteiger partial charge in [-0.25, -0.2) is 9.36 Å². The SMILES string of the molecule is C=C(C)C(=O)OC(C)COP(=O)(O)OCCC. The van der Waals surface area contributed by atoms with Gasteiger partial charge >= 0.3 is 13.8 Å². The molecule has 0 amide bonds. The molecule has 0 aliphatic heterocycles. The lowest BCUT2D eigenvalue weighted by Crippen LogP contribution is -2.20. The third-order valence-corrected chi connectivity index (χ3v) is 2.57. The molecule has 2 atom stereocenters. The Hall–Kier alpha value is -0.680. The van der Waals surface area contributed by atoms with Gasteiger partial charge in [0.25, 0.3) is 0 Å². The summed E-state index contributed by atoms with van der Waals surface area (Å²) in [5.41, 5.74) is 0.256. The van der Waals surface area contributed by atoms with Crippen LogP contribution in [-0.4, -0.2) is 30.2 Å². The van der Waals surface area contributed by atoms with Crippen LogP contribution in [0.3, 0.4) is 0 Å². The molecule has 0 aromatic rings. The van der Waals surface area contributed by atoms with E-state index in [1.807, 2.05) is 0 Å². The summed E-state index contributed by atoms with van der Waals surface area (Å²) in [4.78, 5) is 20.3. The lowest BCUT2D eigenvalue weighted by atomic mass is 10.3. The summed E-state index contributed by atoms with van der Waals surface area (Å²) < 4.78 is 25.4. The van der Waals surface area contributed by atoms with Crippen LogP contribution in [0.4, 0.5) is 0 Å². The number of hydrogen-bond acceptors (Lipinski definition) is 5. The van der Waals surface area contributed by atoms with Crippen LogP contribution in [0.15, 0.2) is 12.2 Å². The number of hydrogen-bond donors (Lipinski definition) is 1. The molecule has 17 heavy (non-hydrogen) atoms. The highest BCUT2D eigenvalue weighted by molar-refractivity contribution is 7.47. The molecule has 7 heteroatoms. The molecule has 0 saturated heterocycles. The van der Waals surface area contributed by atoms with E-state index in [0.29, 0.717) is 6.42 Å². The summed E-state index contributed by atoms with van der Waals surface area (Å²) in [6, 6.07) is 0. The maximum Gasteiger partial charge on any atom is 0.472 e. The third-order valence-electron chi connectivity index (χ3n) is 1.59. The summed E-state index contributed by atoms with van der Waals surface area (Å²) in [5.74, 6) is -0.566. The lowest BCUT2D eigenvalue weighted by Gasteiger charge is -2.16. The van der Waals surface area contributed by atoms with Crippen LogP contribution in [0.2, 0.25) is 0 Å². The highest BCUT2D eigenvalue weighted by Gasteiger charge is 2.22. The van der Waals surface area contributed by atoms with Gasteiger partial charge in [0.1, 0.15) is 6.10 Å².